The van der Waals surface area contributed by atoms with Gasteiger partial charge in [0.2, 0.25) is 5.91 Å². The van der Waals surface area contributed by atoms with Crippen LogP contribution in [0.4, 0.5) is 4.39 Å². The largest absolute Gasteiger partial charge is 0.342 e. The Morgan fingerprint density at radius 1 is 1.39 bits per heavy atom. The van der Waals surface area contributed by atoms with E-state index in [2.05, 4.69) is 21.2 Å². The number of hydrogen-bond acceptors (Lipinski definition) is 2. The van der Waals surface area contributed by atoms with Gasteiger partial charge in [-0.2, -0.15) is 0 Å². The second kappa shape index (κ2) is 6.29. The summed E-state index contributed by atoms with van der Waals surface area (Å²) in [4.78, 5) is 13.6. The third-order valence-corrected chi connectivity index (χ3v) is 3.97. The van der Waals surface area contributed by atoms with E-state index in [0.717, 1.165) is 31.5 Å². The Kier molecular flexibility index (Phi) is 4.72. The molecule has 18 heavy (non-hydrogen) atoms. The lowest BCUT2D eigenvalue weighted by Crippen LogP contribution is -2.36. The van der Waals surface area contributed by atoms with Gasteiger partial charge in [0.05, 0.1) is 11.0 Å². The number of nitrogens with zero attached hydrogens (tertiary/aromatic N) is 1. The van der Waals surface area contributed by atoms with Crippen molar-refractivity contribution in [2.24, 2.45) is 0 Å². The normalized spacial score (nSPS) is 15.1. The molecular weight excluding hydrogens is 299 g/mol. The van der Waals surface area contributed by atoms with Crippen molar-refractivity contribution < 1.29 is 9.18 Å². The van der Waals surface area contributed by atoms with Gasteiger partial charge in [-0.15, -0.1) is 0 Å². The van der Waals surface area contributed by atoms with E-state index in [1.807, 2.05) is 11.0 Å². The molecule has 1 fully saturated rings. The maximum Gasteiger partial charge on any atom is 0.236 e. The van der Waals surface area contributed by atoms with Crippen molar-refractivity contribution in [1.82, 2.24) is 10.2 Å². The van der Waals surface area contributed by atoms with Crippen LogP contribution in [0.15, 0.2) is 22.7 Å². The zero-order valence-electron chi connectivity index (χ0n) is 10.1. The number of rotatable bonds is 4. The molecule has 1 aliphatic heterocycles. The summed E-state index contributed by atoms with van der Waals surface area (Å²) in [7, 11) is 0. The minimum absolute atomic E-state index is 0.125. The summed E-state index contributed by atoms with van der Waals surface area (Å²) in [5, 5.41) is 3.06. The van der Waals surface area contributed by atoms with E-state index in [-0.39, 0.29) is 11.7 Å². The fraction of sp³-hybridized carbons (Fsp3) is 0.462. The molecule has 0 radical (unpaired) electrons. The van der Waals surface area contributed by atoms with E-state index in [9.17, 15) is 9.18 Å². The first-order valence-electron chi connectivity index (χ1n) is 6.10. The van der Waals surface area contributed by atoms with Crippen molar-refractivity contribution in [3.05, 3.63) is 34.1 Å². The summed E-state index contributed by atoms with van der Waals surface area (Å²) >= 11 is 3.20. The second-order valence-electron chi connectivity index (χ2n) is 4.40. The molecule has 2 rings (SSSR count). The molecule has 1 aromatic rings. The maximum absolute atomic E-state index is 13.3. The van der Waals surface area contributed by atoms with Crippen molar-refractivity contribution in [3.8, 4) is 0 Å². The average Bonchev–Trinajstić information content (AvgIpc) is 2.88. The highest BCUT2D eigenvalue weighted by Crippen LogP contribution is 2.20. The highest BCUT2D eigenvalue weighted by atomic mass is 79.9. The van der Waals surface area contributed by atoms with Gasteiger partial charge in [-0.05, 0) is 40.4 Å². The third-order valence-electron chi connectivity index (χ3n) is 3.08. The van der Waals surface area contributed by atoms with Crippen LogP contribution in [0, 0.1) is 5.82 Å². The highest BCUT2D eigenvalue weighted by Gasteiger charge is 2.17. The van der Waals surface area contributed by atoms with Gasteiger partial charge >= 0.3 is 0 Å². The van der Waals surface area contributed by atoms with Crippen LogP contribution in [0.5, 0.6) is 0 Å². The third kappa shape index (κ3) is 3.29. The van der Waals surface area contributed by atoms with Gasteiger partial charge in [-0.25, -0.2) is 4.39 Å². The Bertz CT molecular complexity index is 433. The smallest absolute Gasteiger partial charge is 0.236 e. The van der Waals surface area contributed by atoms with E-state index in [1.165, 1.54) is 6.07 Å². The molecule has 0 aliphatic carbocycles. The predicted octanol–water partition coefficient (Wildman–Crippen LogP) is 2.30. The van der Waals surface area contributed by atoms with E-state index < -0.39 is 0 Å². The van der Waals surface area contributed by atoms with Crippen LogP contribution in [0.2, 0.25) is 0 Å². The van der Waals surface area contributed by atoms with Crippen molar-refractivity contribution in [1.29, 1.82) is 0 Å². The lowest BCUT2D eigenvalue weighted by molar-refractivity contribution is -0.129. The molecule has 98 valence electrons. The number of carbonyl (C=O) groups is 1. The van der Waals surface area contributed by atoms with E-state index in [4.69, 9.17) is 0 Å². The Morgan fingerprint density at radius 2 is 2.11 bits per heavy atom. The molecule has 3 nitrogen and oxygen atoms in total. The number of nitrogens with one attached hydrogen (secondary N) is 1. The molecule has 5 heteroatoms. The summed E-state index contributed by atoms with van der Waals surface area (Å²) < 4.78 is 13.7. The fourth-order valence-electron chi connectivity index (χ4n) is 2.07. The Balaban J connectivity index is 1.81. The minimum atomic E-state index is -0.278. The molecule has 1 amide bonds. The zero-order valence-corrected chi connectivity index (χ0v) is 11.7. The maximum atomic E-state index is 13.3. The Labute approximate surface area is 114 Å². The molecule has 0 saturated carbocycles. The van der Waals surface area contributed by atoms with E-state index in [0.29, 0.717) is 17.6 Å². The number of halogens is 2. The predicted molar refractivity (Wildman–Crippen MR) is 71.6 cm³/mol. The number of hydrogen-bond donors (Lipinski definition) is 1. The van der Waals surface area contributed by atoms with E-state index in [1.54, 1.807) is 6.07 Å². The molecule has 1 heterocycles. The van der Waals surface area contributed by atoms with Crippen LogP contribution >= 0.6 is 15.9 Å². The molecule has 1 N–H and O–H groups in total. The van der Waals surface area contributed by atoms with Crippen LogP contribution in [0.1, 0.15) is 18.4 Å². The fourth-order valence-corrected chi connectivity index (χ4v) is 2.47. The highest BCUT2D eigenvalue weighted by molar-refractivity contribution is 9.10. The van der Waals surface area contributed by atoms with Crippen LogP contribution < -0.4 is 5.32 Å². The summed E-state index contributed by atoms with van der Waals surface area (Å²) in [6.45, 7) is 2.52. The quantitative estimate of drug-likeness (QED) is 0.925. The topological polar surface area (TPSA) is 32.3 Å². The Hall–Kier alpha value is -0.940. The summed E-state index contributed by atoms with van der Waals surface area (Å²) in [6, 6.07) is 4.91. The van der Waals surface area contributed by atoms with Crippen molar-refractivity contribution in [2.45, 2.75) is 19.4 Å². The monoisotopic (exact) mass is 314 g/mol. The molecule has 0 aromatic heterocycles. The summed E-state index contributed by atoms with van der Waals surface area (Å²) in [5.74, 6) is -0.153. The lowest BCUT2D eigenvalue weighted by Gasteiger charge is -2.15. The Morgan fingerprint density at radius 3 is 2.83 bits per heavy atom. The van der Waals surface area contributed by atoms with Crippen molar-refractivity contribution in [2.75, 3.05) is 19.6 Å². The molecule has 0 bridgehead atoms. The molecule has 1 aliphatic rings. The van der Waals surface area contributed by atoms with Gasteiger partial charge in [-0.3, -0.25) is 4.79 Å². The van der Waals surface area contributed by atoms with Crippen LogP contribution in [0.3, 0.4) is 0 Å². The SMILES string of the molecule is O=C(CNCc1cccc(F)c1Br)N1CCCC1. The van der Waals surface area contributed by atoms with E-state index >= 15 is 0 Å². The van der Waals surface area contributed by atoms with Gasteiger partial charge in [0.1, 0.15) is 5.82 Å². The molecule has 0 unspecified atom stereocenters. The minimum Gasteiger partial charge on any atom is -0.342 e. The van der Waals surface area contributed by atoms with Gasteiger partial charge in [0.15, 0.2) is 0 Å². The van der Waals surface area contributed by atoms with Gasteiger partial charge in [0.25, 0.3) is 0 Å². The first-order valence-corrected chi connectivity index (χ1v) is 6.89. The van der Waals surface area contributed by atoms with Gasteiger partial charge < -0.3 is 10.2 Å². The number of likely N-dealkylation sites (tertiary alicyclic amines) is 1. The molecular formula is C13H16BrFN2O. The zero-order chi connectivity index (χ0) is 13.0. The molecule has 1 saturated heterocycles. The summed E-state index contributed by atoms with van der Waals surface area (Å²) in [6.07, 6.45) is 2.20. The average molecular weight is 315 g/mol. The summed E-state index contributed by atoms with van der Waals surface area (Å²) in [5.41, 5.74) is 0.823. The van der Waals surface area contributed by atoms with Crippen LogP contribution in [-0.2, 0) is 11.3 Å². The number of carbonyl (C=O) groups excluding carboxylic acids is 1. The molecule has 1 aromatic carbocycles. The van der Waals surface area contributed by atoms with Crippen LogP contribution in [0.25, 0.3) is 0 Å². The van der Waals surface area contributed by atoms with Crippen molar-refractivity contribution >= 4 is 21.8 Å². The van der Waals surface area contributed by atoms with Gasteiger partial charge in [0, 0.05) is 19.6 Å². The number of amides is 1. The van der Waals surface area contributed by atoms with Crippen molar-refractivity contribution in [3.63, 3.8) is 0 Å². The second-order valence-corrected chi connectivity index (χ2v) is 5.20. The van der Waals surface area contributed by atoms with Gasteiger partial charge in [-0.1, -0.05) is 12.1 Å². The lowest BCUT2D eigenvalue weighted by atomic mass is 10.2. The number of benzene rings is 1. The molecule has 0 spiro atoms. The van der Waals surface area contributed by atoms with Crippen LogP contribution in [-0.4, -0.2) is 30.4 Å². The standard InChI is InChI=1S/C13H16BrFN2O/c14-13-10(4-3-5-11(13)15)8-16-9-12(18)17-6-1-2-7-17/h3-5,16H,1-2,6-9H2. The first-order chi connectivity index (χ1) is 8.68. The first kappa shape index (κ1) is 13.5. The molecule has 0 atom stereocenters.